The van der Waals surface area contributed by atoms with E-state index in [-0.39, 0.29) is 0 Å². The second-order valence-corrected chi connectivity index (χ2v) is 5.69. The Labute approximate surface area is 113 Å². The van der Waals surface area contributed by atoms with E-state index in [0.29, 0.717) is 0 Å². The minimum atomic E-state index is 0.748. The van der Waals surface area contributed by atoms with Crippen LogP contribution in [0.5, 0.6) is 0 Å². The largest absolute Gasteiger partial charge is 0.300 e. The second kappa shape index (κ2) is 6.55. The molecule has 0 saturated heterocycles. The SMILES string of the molecule is CCc1nn(C)c(CN(C)CC(C)CC)c1Br. The summed E-state index contributed by atoms with van der Waals surface area (Å²) >= 11 is 3.66. The maximum absolute atomic E-state index is 4.52. The molecular formula is C13H24BrN3. The molecule has 4 heteroatoms. The van der Waals surface area contributed by atoms with Gasteiger partial charge in [-0.2, -0.15) is 5.10 Å². The summed E-state index contributed by atoms with van der Waals surface area (Å²) in [5.74, 6) is 0.748. The standard InChI is InChI=1S/C13H24BrN3/c1-6-10(3)8-16(4)9-12-13(14)11(7-2)15-17(12)5/h10H,6-9H2,1-5H3. The van der Waals surface area contributed by atoms with Crippen molar-refractivity contribution in [1.82, 2.24) is 14.7 Å². The van der Waals surface area contributed by atoms with Crippen molar-refractivity contribution in [3.8, 4) is 0 Å². The summed E-state index contributed by atoms with van der Waals surface area (Å²) in [6.45, 7) is 8.77. The Morgan fingerprint density at radius 2 is 2.06 bits per heavy atom. The lowest BCUT2D eigenvalue weighted by atomic mass is 10.1. The maximum atomic E-state index is 4.52. The van der Waals surface area contributed by atoms with Crippen LogP contribution in [-0.4, -0.2) is 28.3 Å². The van der Waals surface area contributed by atoms with Crippen molar-refractivity contribution in [2.45, 2.75) is 40.2 Å². The Kier molecular flexibility index (Phi) is 5.67. The van der Waals surface area contributed by atoms with Crippen LogP contribution in [0.2, 0.25) is 0 Å². The van der Waals surface area contributed by atoms with Crippen LogP contribution >= 0.6 is 15.9 Å². The molecule has 1 atom stereocenters. The first-order valence-corrected chi connectivity index (χ1v) is 7.17. The molecule has 0 fully saturated rings. The number of rotatable bonds is 6. The molecule has 17 heavy (non-hydrogen) atoms. The van der Waals surface area contributed by atoms with Crippen LogP contribution in [0.1, 0.15) is 38.6 Å². The average Bonchev–Trinajstić information content (AvgIpc) is 2.56. The molecule has 98 valence electrons. The van der Waals surface area contributed by atoms with Gasteiger partial charge in [0.2, 0.25) is 0 Å². The molecule has 1 aromatic heterocycles. The van der Waals surface area contributed by atoms with Gasteiger partial charge in [-0.3, -0.25) is 4.68 Å². The third-order valence-corrected chi connectivity index (χ3v) is 4.16. The van der Waals surface area contributed by atoms with Crippen LogP contribution in [0, 0.1) is 5.92 Å². The van der Waals surface area contributed by atoms with Gasteiger partial charge >= 0.3 is 0 Å². The van der Waals surface area contributed by atoms with Gasteiger partial charge in [-0.25, -0.2) is 0 Å². The minimum absolute atomic E-state index is 0.748. The van der Waals surface area contributed by atoms with E-state index < -0.39 is 0 Å². The molecule has 0 saturated carbocycles. The van der Waals surface area contributed by atoms with Crippen LogP contribution in [-0.2, 0) is 20.0 Å². The predicted molar refractivity (Wildman–Crippen MR) is 76.1 cm³/mol. The first-order chi connectivity index (χ1) is 7.99. The summed E-state index contributed by atoms with van der Waals surface area (Å²) in [4.78, 5) is 2.37. The smallest absolute Gasteiger partial charge is 0.0767 e. The number of hydrogen-bond donors (Lipinski definition) is 0. The summed E-state index contributed by atoms with van der Waals surface area (Å²) in [6.07, 6.45) is 2.21. The van der Waals surface area contributed by atoms with Gasteiger partial charge in [-0.15, -0.1) is 0 Å². The molecule has 1 unspecified atom stereocenters. The molecule has 0 N–H and O–H groups in total. The second-order valence-electron chi connectivity index (χ2n) is 4.89. The van der Waals surface area contributed by atoms with Crippen molar-refractivity contribution in [3.05, 3.63) is 15.9 Å². The van der Waals surface area contributed by atoms with Crippen molar-refractivity contribution in [3.63, 3.8) is 0 Å². The molecule has 0 spiro atoms. The van der Waals surface area contributed by atoms with E-state index in [2.05, 4.69) is 53.7 Å². The highest BCUT2D eigenvalue weighted by molar-refractivity contribution is 9.10. The fourth-order valence-corrected chi connectivity index (χ4v) is 2.71. The highest BCUT2D eigenvalue weighted by atomic mass is 79.9. The highest BCUT2D eigenvalue weighted by Gasteiger charge is 2.14. The lowest BCUT2D eigenvalue weighted by Crippen LogP contribution is -2.25. The number of aromatic nitrogens is 2. The number of nitrogens with zero attached hydrogens (tertiary/aromatic N) is 3. The molecule has 0 amide bonds. The van der Waals surface area contributed by atoms with Crippen LogP contribution in [0.3, 0.4) is 0 Å². The van der Waals surface area contributed by atoms with Crippen molar-refractivity contribution >= 4 is 15.9 Å². The average molecular weight is 302 g/mol. The zero-order valence-electron chi connectivity index (χ0n) is 11.6. The fraction of sp³-hybridized carbons (Fsp3) is 0.769. The maximum Gasteiger partial charge on any atom is 0.0767 e. The quantitative estimate of drug-likeness (QED) is 0.804. The number of hydrogen-bond acceptors (Lipinski definition) is 2. The number of aryl methyl sites for hydroxylation is 2. The summed E-state index contributed by atoms with van der Waals surface area (Å²) < 4.78 is 3.18. The van der Waals surface area contributed by atoms with E-state index in [1.165, 1.54) is 16.6 Å². The first kappa shape index (κ1) is 14.7. The van der Waals surface area contributed by atoms with Crippen LogP contribution in [0.4, 0.5) is 0 Å². The topological polar surface area (TPSA) is 21.1 Å². The van der Waals surface area contributed by atoms with Crippen LogP contribution in [0.25, 0.3) is 0 Å². The van der Waals surface area contributed by atoms with Gasteiger partial charge in [0.1, 0.15) is 0 Å². The van der Waals surface area contributed by atoms with Crippen molar-refractivity contribution < 1.29 is 0 Å². The van der Waals surface area contributed by atoms with E-state index >= 15 is 0 Å². The molecule has 0 bridgehead atoms. The van der Waals surface area contributed by atoms with Crippen molar-refractivity contribution in [2.75, 3.05) is 13.6 Å². The summed E-state index contributed by atoms with van der Waals surface area (Å²) in [5.41, 5.74) is 2.42. The van der Waals surface area contributed by atoms with E-state index in [0.717, 1.165) is 31.1 Å². The summed E-state index contributed by atoms with van der Waals surface area (Å²) in [6, 6.07) is 0. The van der Waals surface area contributed by atoms with E-state index in [9.17, 15) is 0 Å². The Morgan fingerprint density at radius 3 is 2.53 bits per heavy atom. The molecule has 1 heterocycles. The Morgan fingerprint density at radius 1 is 1.41 bits per heavy atom. The van der Waals surface area contributed by atoms with Crippen LogP contribution in [0.15, 0.2) is 4.47 Å². The number of halogens is 1. The first-order valence-electron chi connectivity index (χ1n) is 6.38. The highest BCUT2D eigenvalue weighted by Crippen LogP contribution is 2.22. The summed E-state index contributed by atoms with van der Waals surface area (Å²) in [5, 5.41) is 4.52. The van der Waals surface area contributed by atoms with E-state index in [1.54, 1.807) is 0 Å². The lowest BCUT2D eigenvalue weighted by molar-refractivity contribution is 0.268. The molecule has 1 rings (SSSR count). The molecule has 0 aliphatic heterocycles. The zero-order chi connectivity index (χ0) is 13.0. The van der Waals surface area contributed by atoms with E-state index in [4.69, 9.17) is 0 Å². The lowest BCUT2D eigenvalue weighted by Gasteiger charge is -2.20. The van der Waals surface area contributed by atoms with Crippen LogP contribution < -0.4 is 0 Å². The monoisotopic (exact) mass is 301 g/mol. The third kappa shape index (κ3) is 3.81. The molecule has 3 nitrogen and oxygen atoms in total. The Hall–Kier alpha value is -0.350. The minimum Gasteiger partial charge on any atom is -0.300 e. The molecule has 0 aromatic carbocycles. The van der Waals surface area contributed by atoms with Crippen molar-refractivity contribution in [1.29, 1.82) is 0 Å². The van der Waals surface area contributed by atoms with Gasteiger partial charge in [0.15, 0.2) is 0 Å². The Balaban J connectivity index is 2.71. The van der Waals surface area contributed by atoms with E-state index in [1.807, 2.05) is 11.7 Å². The zero-order valence-corrected chi connectivity index (χ0v) is 13.2. The summed E-state index contributed by atoms with van der Waals surface area (Å²) in [7, 11) is 4.20. The van der Waals surface area contributed by atoms with Gasteiger partial charge in [0, 0.05) is 20.1 Å². The normalized spacial score (nSPS) is 13.4. The van der Waals surface area contributed by atoms with Gasteiger partial charge in [-0.1, -0.05) is 27.2 Å². The molecule has 0 radical (unpaired) electrons. The molecule has 0 aliphatic carbocycles. The molecule has 1 aromatic rings. The van der Waals surface area contributed by atoms with Gasteiger partial charge < -0.3 is 4.90 Å². The van der Waals surface area contributed by atoms with Crippen molar-refractivity contribution in [2.24, 2.45) is 13.0 Å². The fourth-order valence-electron chi connectivity index (χ4n) is 1.97. The van der Waals surface area contributed by atoms with Gasteiger partial charge in [0.25, 0.3) is 0 Å². The third-order valence-electron chi connectivity index (χ3n) is 3.24. The predicted octanol–water partition coefficient (Wildman–Crippen LogP) is 3.22. The van der Waals surface area contributed by atoms with Gasteiger partial charge in [0.05, 0.1) is 15.9 Å². The van der Waals surface area contributed by atoms with Gasteiger partial charge in [-0.05, 0) is 35.3 Å². The molecular weight excluding hydrogens is 278 g/mol. The Bertz CT molecular complexity index is 360. The molecule has 0 aliphatic rings.